The Labute approximate surface area is 90.6 Å². The Kier molecular flexibility index (Phi) is 4.71. The molecule has 0 radical (unpaired) electrons. The Morgan fingerprint density at radius 1 is 1.60 bits per heavy atom. The first-order valence-electron chi connectivity index (χ1n) is 5.34. The molecule has 86 valence electrons. The number of rotatable bonds is 6. The zero-order valence-corrected chi connectivity index (χ0v) is 9.68. The van der Waals surface area contributed by atoms with E-state index in [2.05, 4.69) is 17.0 Å². The third kappa shape index (κ3) is 3.28. The summed E-state index contributed by atoms with van der Waals surface area (Å²) in [5.74, 6) is 0.938. The minimum absolute atomic E-state index is 0.0326. The Bertz CT molecular complexity index is 287. The van der Waals surface area contributed by atoms with Gasteiger partial charge in [-0.25, -0.2) is 4.98 Å². The lowest BCUT2D eigenvalue weighted by molar-refractivity contribution is 0.0946. The molecule has 1 aromatic rings. The van der Waals surface area contributed by atoms with Gasteiger partial charge in [-0.15, -0.1) is 0 Å². The number of aromatic nitrogens is 3. The Balaban J connectivity index is 2.59. The van der Waals surface area contributed by atoms with Gasteiger partial charge < -0.3 is 10.5 Å². The van der Waals surface area contributed by atoms with Crippen LogP contribution in [0.2, 0.25) is 0 Å². The first kappa shape index (κ1) is 12.1. The van der Waals surface area contributed by atoms with Crippen LogP contribution in [-0.4, -0.2) is 34.0 Å². The molecule has 0 saturated carbocycles. The molecule has 0 spiro atoms. The minimum atomic E-state index is -0.0326. The molecule has 0 bridgehead atoms. The highest BCUT2D eigenvalue weighted by Gasteiger charge is 2.15. The standard InChI is InChI=1S/C10H20N4O/c1-4-5-14-10(12-7-13-14)6-9(11)8(2)15-3/h7-9H,4-6,11H2,1-3H3. The van der Waals surface area contributed by atoms with Gasteiger partial charge in [0.15, 0.2) is 0 Å². The number of methoxy groups -OCH3 is 1. The average Bonchev–Trinajstić information content (AvgIpc) is 2.65. The molecule has 5 nitrogen and oxygen atoms in total. The van der Waals surface area contributed by atoms with Crippen LogP contribution < -0.4 is 5.73 Å². The first-order chi connectivity index (χ1) is 7.19. The zero-order chi connectivity index (χ0) is 11.3. The number of ether oxygens (including phenoxy) is 1. The minimum Gasteiger partial charge on any atom is -0.380 e. The van der Waals surface area contributed by atoms with Crippen LogP contribution in [0.1, 0.15) is 26.1 Å². The van der Waals surface area contributed by atoms with Gasteiger partial charge >= 0.3 is 0 Å². The molecule has 5 heteroatoms. The van der Waals surface area contributed by atoms with Gasteiger partial charge in [0.2, 0.25) is 0 Å². The van der Waals surface area contributed by atoms with Gasteiger partial charge in [-0.05, 0) is 13.3 Å². The van der Waals surface area contributed by atoms with Crippen molar-refractivity contribution < 1.29 is 4.74 Å². The van der Waals surface area contributed by atoms with Gasteiger partial charge in [-0.1, -0.05) is 6.92 Å². The second kappa shape index (κ2) is 5.82. The second-order valence-electron chi connectivity index (χ2n) is 3.71. The molecule has 0 aliphatic heterocycles. The number of nitrogens with zero attached hydrogens (tertiary/aromatic N) is 3. The smallest absolute Gasteiger partial charge is 0.138 e. The van der Waals surface area contributed by atoms with E-state index < -0.39 is 0 Å². The highest BCUT2D eigenvalue weighted by Crippen LogP contribution is 2.04. The Hall–Kier alpha value is -0.940. The second-order valence-corrected chi connectivity index (χ2v) is 3.71. The molecule has 15 heavy (non-hydrogen) atoms. The van der Waals surface area contributed by atoms with Crippen molar-refractivity contribution in [3.63, 3.8) is 0 Å². The fourth-order valence-electron chi connectivity index (χ4n) is 1.40. The topological polar surface area (TPSA) is 66.0 Å². The summed E-state index contributed by atoms with van der Waals surface area (Å²) in [4.78, 5) is 4.21. The maximum atomic E-state index is 5.98. The summed E-state index contributed by atoms with van der Waals surface area (Å²) in [6.07, 6.45) is 3.37. The molecule has 0 aliphatic rings. The lowest BCUT2D eigenvalue weighted by atomic mass is 10.1. The molecule has 2 atom stereocenters. The van der Waals surface area contributed by atoms with E-state index in [9.17, 15) is 0 Å². The predicted octanol–water partition coefficient (Wildman–Crippen LogP) is 0.593. The van der Waals surface area contributed by atoms with E-state index >= 15 is 0 Å². The lowest BCUT2D eigenvalue weighted by Crippen LogP contribution is -2.36. The fourth-order valence-corrected chi connectivity index (χ4v) is 1.40. The van der Waals surface area contributed by atoms with Crippen molar-refractivity contribution in [2.45, 2.75) is 45.4 Å². The molecule has 0 saturated heterocycles. The number of hydrogen-bond acceptors (Lipinski definition) is 4. The third-order valence-electron chi connectivity index (χ3n) is 2.52. The quantitative estimate of drug-likeness (QED) is 0.749. The van der Waals surface area contributed by atoms with E-state index in [0.717, 1.165) is 18.8 Å². The number of aryl methyl sites for hydroxylation is 1. The van der Waals surface area contributed by atoms with Gasteiger partial charge in [0.25, 0.3) is 0 Å². The van der Waals surface area contributed by atoms with Crippen LogP contribution in [0.5, 0.6) is 0 Å². The molecule has 1 rings (SSSR count). The molecule has 0 aliphatic carbocycles. The molecular weight excluding hydrogens is 192 g/mol. The number of hydrogen-bond donors (Lipinski definition) is 1. The van der Waals surface area contributed by atoms with Crippen molar-refractivity contribution in [3.05, 3.63) is 12.2 Å². The third-order valence-corrected chi connectivity index (χ3v) is 2.52. The fraction of sp³-hybridized carbons (Fsp3) is 0.800. The number of nitrogens with two attached hydrogens (primary N) is 1. The maximum absolute atomic E-state index is 5.98. The van der Waals surface area contributed by atoms with Crippen LogP contribution in [0.15, 0.2) is 6.33 Å². The van der Waals surface area contributed by atoms with Gasteiger partial charge in [0, 0.05) is 26.1 Å². The largest absolute Gasteiger partial charge is 0.380 e. The van der Waals surface area contributed by atoms with Gasteiger partial charge in [0.1, 0.15) is 12.2 Å². The molecule has 0 amide bonds. The van der Waals surface area contributed by atoms with E-state index in [4.69, 9.17) is 10.5 Å². The predicted molar refractivity (Wildman–Crippen MR) is 58.5 cm³/mol. The molecular formula is C10H20N4O. The SMILES string of the molecule is CCCn1ncnc1CC(N)C(C)OC. The molecule has 1 heterocycles. The van der Waals surface area contributed by atoms with Gasteiger partial charge in [-0.2, -0.15) is 5.10 Å². The summed E-state index contributed by atoms with van der Waals surface area (Å²) >= 11 is 0. The van der Waals surface area contributed by atoms with Gasteiger partial charge in [-0.3, -0.25) is 4.68 Å². The van der Waals surface area contributed by atoms with Crippen molar-refractivity contribution >= 4 is 0 Å². The maximum Gasteiger partial charge on any atom is 0.138 e. The lowest BCUT2D eigenvalue weighted by Gasteiger charge is -2.17. The van der Waals surface area contributed by atoms with Crippen LogP contribution >= 0.6 is 0 Å². The van der Waals surface area contributed by atoms with Crippen LogP contribution in [-0.2, 0) is 17.7 Å². The summed E-state index contributed by atoms with van der Waals surface area (Å²) in [6, 6.07) is -0.0326. The molecule has 1 aromatic heterocycles. The summed E-state index contributed by atoms with van der Waals surface area (Å²) in [6.45, 7) is 4.97. The monoisotopic (exact) mass is 212 g/mol. The van der Waals surface area contributed by atoms with E-state index in [1.54, 1.807) is 13.4 Å². The summed E-state index contributed by atoms with van der Waals surface area (Å²) in [5.41, 5.74) is 5.98. The Morgan fingerprint density at radius 3 is 2.93 bits per heavy atom. The van der Waals surface area contributed by atoms with Crippen molar-refractivity contribution in [2.24, 2.45) is 5.73 Å². The van der Waals surface area contributed by atoms with Crippen molar-refractivity contribution in [2.75, 3.05) is 7.11 Å². The summed E-state index contributed by atoms with van der Waals surface area (Å²) in [7, 11) is 1.67. The Morgan fingerprint density at radius 2 is 2.33 bits per heavy atom. The summed E-state index contributed by atoms with van der Waals surface area (Å²) in [5, 5.41) is 4.15. The zero-order valence-electron chi connectivity index (χ0n) is 9.68. The van der Waals surface area contributed by atoms with Crippen molar-refractivity contribution in [3.8, 4) is 0 Å². The molecule has 2 N–H and O–H groups in total. The van der Waals surface area contributed by atoms with Crippen LogP contribution in [0.4, 0.5) is 0 Å². The highest BCUT2D eigenvalue weighted by atomic mass is 16.5. The highest BCUT2D eigenvalue weighted by molar-refractivity contribution is 4.90. The first-order valence-corrected chi connectivity index (χ1v) is 5.34. The normalized spacial score (nSPS) is 15.2. The van der Waals surface area contributed by atoms with Crippen LogP contribution in [0.3, 0.4) is 0 Å². The van der Waals surface area contributed by atoms with Crippen molar-refractivity contribution in [1.29, 1.82) is 0 Å². The van der Waals surface area contributed by atoms with Crippen LogP contribution in [0, 0.1) is 0 Å². The van der Waals surface area contributed by atoms with E-state index in [0.29, 0.717) is 6.42 Å². The molecule has 0 fully saturated rings. The van der Waals surface area contributed by atoms with Gasteiger partial charge in [0.05, 0.1) is 6.10 Å². The average molecular weight is 212 g/mol. The summed E-state index contributed by atoms with van der Waals surface area (Å²) < 4.78 is 7.08. The van der Waals surface area contributed by atoms with Crippen molar-refractivity contribution in [1.82, 2.24) is 14.8 Å². The van der Waals surface area contributed by atoms with Crippen LogP contribution in [0.25, 0.3) is 0 Å². The molecule has 2 unspecified atom stereocenters. The van der Waals surface area contributed by atoms with E-state index in [1.807, 2.05) is 11.6 Å². The molecule has 0 aromatic carbocycles. The van der Waals surface area contributed by atoms with E-state index in [-0.39, 0.29) is 12.1 Å². The van der Waals surface area contributed by atoms with E-state index in [1.165, 1.54) is 0 Å².